The van der Waals surface area contributed by atoms with Crippen LogP contribution in [0.1, 0.15) is 97.4 Å². The van der Waals surface area contributed by atoms with Crippen LogP contribution in [0.3, 0.4) is 0 Å². The molecule has 0 radical (unpaired) electrons. The molecule has 1 amide bonds. The molecule has 2 saturated heterocycles. The molecule has 5 heteroatoms. The number of nitrogens with zero attached hydrogens (tertiary/aromatic N) is 4. The molecule has 5 nitrogen and oxygen atoms in total. The number of hydrogen-bond donors (Lipinski definition) is 0. The highest BCUT2D eigenvalue weighted by Gasteiger charge is 2.30. The minimum atomic E-state index is 0.102. The Morgan fingerprint density at radius 3 is 2.46 bits per heavy atom. The third-order valence-electron chi connectivity index (χ3n) is 8.89. The van der Waals surface area contributed by atoms with Crippen molar-refractivity contribution in [3.05, 3.63) is 59.2 Å². The van der Waals surface area contributed by atoms with E-state index in [4.69, 9.17) is 0 Å². The summed E-state index contributed by atoms with van der Waals surface area (Å²) in [4.78, 5) is 27.1. The van der Waals surface area contributed by atoms with Crippen LogP contribution >= 0.6 is 0 Å². The van der Waals surface area contributed by atoms with Gasteiger partial charge >= 0.3 is 0 Å². The van der Waals surface area contributed by atoms with Gasteiger partial charge in [-0.25, -0.2) is 9.97 Å². The lowest BCUT2D eigenvalue weighted by Crippen LogP contribution is -2.48. The SMILES string of the molecule is Cc1c(CCC2CCCC(c3ccccc3)C2)ncnc1C(=O)N1CCC(N2CCCCC2)CC1. The molecule has 35 heavy (non-hydrogen) atoms. The molecule has 1 aromatic heterocycles. The zero-order chi connectivity index (χ0) is 24.0. The third kappa shape index (κ3) is 5.94. The molecular weight excluding hydrogens is 432 g/mol. The zero-order valence-corrected chi connectivity index (χ0v) is 21.5. The van der Waals surface area contributed by atoms with Gasteiger partial charge in [-0.3, -0.25) is 4.79 Å². The van der Waals surface area contributed by atoms with Gasteiger partial charge in [0.2, 0.25) is 0 Å². The summed E-state index contributed by atoms with van der Waals surface area (Å²) in [5.41, 5.74) is 4.17. The van der Waals surface area contributed by atoms with Gasteiger partial charge in [-0.15, -0.1) is 0 Å². The van der Waals surface area contributed by atoms with E-state index >= 15 is 0 Å². The fourth-order valence-corrected chi connectivity index (χ4v) is 6.74. The number of aryl methyl sites for hydroxylation is 1. The smallest absolute Gasteiger partial charge is 0.272 e. The number of piperidine rings is 2. The van der Waals surface area contributed by atoms with Crippen LogP contribution in [-0.4, -0.2) is 57.9 Å². The Hall–Kier alpha value is -2.27. The second-order valence-corrected chi connectivity index (χ2v) is 11.1. The fraction of sp³-hybridized carbons (Fsp3) is 0.633. The highest BCUT2D eigenvalue weighted by atomic mass is 16.2. The van der Waals surface area contributed by atoms with Crippen LogP contribution in [0.4, 0.5) is 0 Å². The number of rotatable bonds is 6. The molecule has 1 aromatic carbocycles. The van der Waals surface area contributed by atoms with Crippen LogP contribution in [0.25, 0.3) is 0 Å². The minimum Gasteiger partial charge on any atom is -0.337 e. The quantitative estimate of drug-likeness (QED) is 0.532. The average molecular weight is 475 g/mol. The summed E-state index contributed by atoms with van der Waals surface area (Å²) in [5, 5.41) is 0. The maximum atomic E-state index is 13.4. The second kappa shape index (κ2) is 11.6. The second-order valence-electron chi connectivity index (χ2n) is 11.1. The lowest BCUT2D eigenvalue weighted by atomic mass is 9.76. The standard InChI is InChI=1S/C30H42N4O/c1-23-28(14-13-24-9-8-12-26(21-24)25-10-4-2-5-11-25)31-22-32-29(23)30(35)34-19-15-27(16-20-34)33-17-6-3-7-18-33/h2,4-5,10-11,22,24,26-27H,3,6-9,12-21H2,1H3. The first-order chi connectivity index (χ1) is 17.2. The largest absolute Gasteiger partial charge is 0.337 e. The first-order valence-corrected chi connectivity index (χ1v) is 14.1. The van der Waals surface area contributed by atoms with Crippen LogP contribution in [0.5, 0.6) is 0 Å². The van der Waals surface area contributed by atoms with Crippen molar-refractivity contribution in [2.24, 2.45) is 5.92 Å². The molecular formula is C30H42N4O. The number of amides is 1. The van der Waals surface area contributed by atoms with Crippen molar-refractivity contribution in [2.45, 2.75) is 89.5 Å². The number of carbonyl (C=O) groups excluding carboxylic acids is 1. The van der Waals surface area contributed by atoms with Gasteiger partial charge in [0.1, 0.15) is 12.0 Å². The van der Waals surface area contributed by atoms with Crippen molar-refractivity contribution < 1.29 is 4.79 Å². The number of benzene rings is 1. The average Bonchev–Trinajstić information content (AvgIpc) is 2.93. The maximum absolute atomic E-state index is 13.4. The summed E-state index contributed by atoms with van der Waals surface area (Å²) >= 11 is 0. The lowest BCUT2D eigenvalue weighted by Gasteiger charge is -2.40. The van der Waals surface area contributed by atoms with E-state index in [1.54, 1.807) is 6.33 Å². The van der Waals surface area contributed by atoms with E-state index in [9.17, 15) is 4.79 Å². The van der Waals surface area contributed by atoms with E-state index in [0.29, 0.717) is 17.7 Å². The van der Waals surface area contributed by atoms with Crippen molar-refractivity contribution >= 4 is 5.91 Å². The molecule has 2 aromatic rings. The molecule has 0 N–H and O–H groups in total. The van der Waals surface area contributed by atoms with Gasteiger partial charge < -0.3 is 9.80 Å². The molecule has 1 aliphatic carbocycles. The highest BCUT2D eigenvalue weighted by Crippen LogP contribution is 2.38. The van der Waals surface area contributed by atoms with Crippen LogP contribution in [0, 0.1) is 12.8 Å². The van der Waals surface area contributed by atoms with E-state index < -0.39 is 0 Å². The fourth-order valence-electron chi connectivity index (χ4n) is 6.74. The van der Waals surface area contributed by atoms with E-state index in [1.165, 1.54) is 63.6 Å². The van der Waals surface area contributed by atoms with Gasteiger partial charge in [0, 0.05) is 30.4 Å². The first-order valence-electron chi connectivity index (χ1n) is 14.1. The van der Waals surface area contributed by atoms with Gasteiger partial charge in [-0.1, -0.05) is 49.6 Å². The molecule has 5 rings (SSSR count). The van der Waals surface area contributed by atoms with E-state index in [0.717, 1.165) is 55.9 Å². The molecule has 2 atom stereocenters. The molecule has 3 heterocycles. The predicted molar refractivity (Wildman–Crippen MR) is 141 cm³/mol. The monoisotopic (exact) mass is 474 g/mol. The summed E-state index contributed by atoms with van der Waals surface area (Å²) < 4.78 is 0. The highest BCUT2D eigenvalue weighted by molar-refractivity contribution is 5.93. The van der Waals surface area contributed by atoms with Gasteiger partial charge in [0.05, 0.1) is 0 Å². The lowest BCUT2D eigenvalue weighted by molar-refractivity contribution is 0.0583. The Bertz CT molecular complexity index is 964. The van der Waals surface area contributed by atoms with Gasteiger partial charge in [0.15, 0.2) is 0 Å². The molecule has 0 bridgehead atoms. The summed E-state index contributed by atoms with van der Waals surface area (Å²) in [7, 11) is 0. The molecule has 188 valence electrons. The summed E-state index contributed by atoms with van der Waals surface area (Å²) in [6.45, 7) is 6.22. The number of hydrogen-bond acceptors (Lipinski definition) is 4. The first kappa shape index (κ1) is 24.4. The van der Waals surface area contributed by atoms with E-state index in [1.807, 2.05) is 4.90 Å². The third-order valence-corrected chi connectivity index (χ3v) is 8.89. The summed E-state index contributed by atoms with van der Waals surface area (Å²) in [6, 6.07) is 11.7. The van der Waals surface area contributed by atoms with Gasteiger partial charge in [-0.05, 0) is 88.8 Å². The molecule has 2 aliphatic heterocycles. The van der Waals surface area contributed by atoms with Crippen molar-refractivity contribution in [1.29, 1.82) is 0 Å². The number of likely N-dealkylation sites (tertiary alicyclic amines) is 2. The van der Waals surface area contributed by atoms with E-state index in [2.05, 4.69) is 52.1 Å². The Balaban J connectivity index is 1.16. The minimum absolute atomic E-state index is 0.102. The Labute approximate surface area is 211 Å². The van der Waals surface area contributed by atoms with E-state index in [-0.39, 0.29) is 5.91 Å². The van der Waals surface area contributed by atoms with Crippen LogP contribution in [0.2, 0.25) is 0 Å². The van der Waals surface area contributed by atoms with Crippen molar-refractivity contribution in [3.8, 4) is 0 Å². The molecule has 2 unspecified atom stereocenters. The Morgan fingerprint density at radius 2 is 1.69 bits per heavy atom. The zero-order valence-electron chi connectivity index (χ0n) is 21.5. The predicted octanol–water partition coefficient (Wildman–Crippen LogP) is 5.78. The van der Waals surface area contributed by atoms with Crippen molar-refractivity contribution in [2.75, 3.05) is 26.2 Å². The molecule has 3 fully saturated rings. The Kier molecular flexibility index (Phi) is 8.13. The molecule has 3 aliphatic rings. The summed E-state index contributed by atoms with van der Waals surface area (Å²) in [6.07, 6.45) is 15.1. The van der Waals surface area contributed by atoms with Crippen LogP contribution in [-0.2, 0) is 6.42 Å². The number of carbonyl (C=O) groups is 1. The van der Waals surface area contributed by atoms with Crippen LogP contribution < -0.4 is 0 Å². The summed E-state index contributed by atoms with van der Waals surface area (Å²) in [5.74, 6) is 1.52. The normalized spacial score (nSPS) is 24.4. The maximum Gasteiger partial charge on any atom is 0.272 e. The van der Waals surface area contributed by atoms with Crippen molar-refractivity contribution in [1.82, 2.24) is 19.8 Å². The van der Waals surface area contributed by atoms with Gasteiger partial charge in [0.25, 0.3) is 5.91 Å². The van der Waals surface area contributed by atoms with Gasteiger partial charge in [-0.2, -0.15) is 0 Å². The Morgan fingerprint density at radius 1 is 0.914 bits per heavy atom. The van der Waals surface area contributed by atoms with Crippen molar-refractivity contribution in [3.63, 3.8) is 0 Å². The van der Waals surface area contributed by atoms with Crippen LogP contribution in [0.15, 0.2) is 36.7 Å². The molecule has 1 saturated carbocycles. The number of aromatic nitrogens is 2. The topological polar surface area (TPSA) is 49.3 Å². The molecule has 0 spiro atoms.